The summed E-state index contributed by atoms with van der Waals surface area (Å²) in [5.41, 5.74) is 1.18. The Kier molecular flexibility index (Phi) is 6.51. The Hall–Kier alpha value is 0.0900. The first-order chi connectivity index (χ1) is 10.2. The summed E-state index contributed by atoms with van der Waals surface area (Å²) in [5, 5.41) is 10.3. The first-order valence-electron chi connectivity index (χ1n) is 8.35. The van der Waals surface area contributed by atoms with Gasteiger partial charge in [0.2, 0.25) is 0 Å². The second kappa shape index (κ2) is 7.77. The van der Waals surface area contributed by atoms with Crippen LogP contribution in [0.3, 0.4) is 0 Å². The van der Waals surface area contributed by atoms with Gasteiger partial charge in [-0.25, -0.2) is 0 Å². The van der Waals surface area contributed by atoms with Crippen molar-refractivity contribution in [2.75, 3.05) is 0 Å². The third kappa shape index (κ3) is 5.62. The molecule has 126 valence electrons. The molecule has 1 saturated carbocycles. The SMILES string of the molecule is CC(C)C1=CC(O)C(OC2CCCC(OC(C)(C)I)C2)C=C1. The van der Waals surface area contributed by atoms with E-state index >= 15 is 0 Å². The molecule has 2 aliphatic carbocycles. The first kappa shape index (κ1) is 18.4. The van der Waals surface area contributed by atoms with Crippen molar-refractivity contribution in [1.29, 1.82) is 0 Å². The monoisotopic (exact) mass is 420 g/mol. The second-order valence-corrected chi connectivity index (χ2v) is 9.76. The fourth-order valence-electron chi connectivity index (χ4n) is 3.13. The van der Waals surface area contributed by atoms with E-state index in [2.05, 4.69) is 56.4 Å². The molecule has 1 fully saturated rings. The third-order valence-electron chi connectivity index (χ3n) is 4.22. The van der Waals surface area contributed by atoms with E-state index in [0.29, 0.717) is 5.92 Å². The summed E-state index contributed by atoms with van der Waals surface area (Å²) in [6.07, 6.45) is 9.91. The van der Waals surface area contributed by atoms with Crippen LogP contribution < -0.4 is 0 Å². The fourth-order valence-corrected chi connectivity index (χ4v) is 3.49. The predicted molar refractivity (Wildman–Crippen MR) is 98.2 cm³/mol. The molecule has 4 unspecified atom stereocenters. The fraction of sp³-hybridized carbons (Fsp3) is 0.778. The maximum absolute atomic E-state index is 10.3. The van der Waals surface area contributed by atoms with Crippen LogP contribution in [-0.2, 0) is 9.47 Å². The van der Waals surface area contributed by atoms with E-state index in [4.69, 9.17) is 9.47 Å². The minimum atomic E-state index is -0.537. The molecular weight excluding hydrogens is 391 g/mol. The van der Waals surface area contributed by atoms with Gasteiger partial charge in [0.1, 0.15) is 15.8 Å². The number of halogens is 1. The van der Waals surface area contributed by atoms with Crippen LogP contribution in [0, 0.1) is 5.92 Å². The Bertz CT molecular complexity index is 423. The van der Waals surface area contributed by atoms with Crippen molar-refractivity contribution >= 4 is 22.6 Å². The van der Waals surface area contributed by atoms with Crippen LogP contribution in [0.4, 0.5) is 0 Å². The van der Waals surface area contributed by atoms with Crippen LogP contribution in [0.25, 0.3) is 0 Å². The number of alkyl halides is 1. The number of aliphatic hydroxyl groups is 1. The van der Waals surface area contributed by atoms with Gasteiger partial charge in [0.05, 0.1) is 12.2 Å². The smallest absolute Gasteiger partial charge is 0.113 e. The average molecular weight is 420 g/mol. The molecule has 0 aliphatic heterocycles. The van der Waals surface area contributed by atoms with E-state index < -0.39 is 6.10 Å². The third-order valence-corrected chi connectivity index (χ3v) is 4.47. The van der Waals surface area contributed by atoms with Crippen molar-refractivity contribution in [2.24, 2.45) is 5.92 Å². The van der Waals surface area contributed by atoms with Crippen molar-refractivity contribution in [2.45, 2.75) is 81.4 Å². The molecule has 0 saturated heterocycles. The largest absolute Gasteiger partial charge is 0.386 e. The van der Waals surface area contributed by atoms with Crippen LogP contribution in [0.1, 0.15) is 53.4 Å². The molecule has 4 heteroatoms. The van der Waals surface area contributed by atoms with E-state index in [9.17, 15) is 5.11 Å². The van der Waals surface area contributed by atoms with Crippen molar-refractivity contribution in [3.63, 3.8) is 0 Å². The molecule has 2 aliphatic rings. The Morgan fingerprint density at radius 1 is 1.27 bits per heavy atom. The lowest BCUT2D eigenvalue weighted by molar-refractivity contribution is -0.0973. The molecule has 0 aromatic carbocycles. The van der Waals surface area contributed by atoms with Crippen LogP contribution in [0.15, 0.2) is 23.8 Å². The highest BCUT2D eigenvalue weighted by molar-refractivity contribution is 14.1. The van der Waals surface area contributed by atoms with Crippen molar-refractivity contribution in [1.82, 2.24) is 0 Å². The summed E-state index contributed by atoms with van der Waals surface area (Å²) in [7, 11) is 0. The number of hydrogen-bond donors (Lipinski definition) is 1. The van der Waals surface area contributed by atoms with Crippen molar-refractivity contribution < 1.29 is 14.6 Å². The van der Waals surface area contributed by atoms with Crippen molar-refractivity contribution in [3.05, 3.63) is 23.8 Å². The zero-order valence-corrected chi connectivity index (χ0v) is 16.2. The van der Waals surface area contributed by atoms with Gasteiger partial charge in [0.15, 0.2) is 0 Å². The normalized spacial score (nSPS) is 33.1. The number of ether oxygens (including phenoxy) is 2. The standard InChI is InChI=1S/C18H29IO3/c1-12(2)13-8-9-17(16(20)10-13)21-14-6-5-7-15(11-14)22-18(3,4)19/h8-10,12,14-17,20H,5-7,11H2,1-4H3. The van der Waals surface area contributed by atoms with E-state index in [1.165, 1.54) is 5.57 Å². The summed E-state index contributed by atoms with van der Waals surface area (Å²) in [5.74, 6) is 0.435. The second-order valence-electron chi connectivity index (χ2n) is 7.16. The lowest BCUT2D eigenvalue weighted by atomic mass is 9.92. The van der Waals surface area contributed by atoms with Crippen LogP contribution in [0.5, 0.6) is 0 Å². The molecule has 0 aromatic rings. The number of hydrogen-bond acceptors (Lipinski definition) is 3. The van der Waals surface area contributed by atoms with E-state index in [1.54, 1.807) is 0 Å². The summed E-state index contributed by atoms with van der Waals surface area (Å²) in [4.78, 5) is 0. The number of rotatable bonds is 5. The molecule has 0 bridgehead atoms. The zero-order valence-electron chi connectivity index (χ0n) is 14.1. The number of allylic oxidation sites excluding steroid dienone is 2. The molecule has 0 amide bonds. The van der Waals surface area contributed by atoms with Gasteiger partial charge in [0, 0.05) is 0 Å². The maximum Gasteiger partial charge on any atom is 0.113 e. The van der Waals surface area contributed by atoms with Gasteiger partial charge in [-0.2, -0.15) is 0 Å². The van der Waals surface area contributed by atoms with Gasteiger partial charge in [-0.3, -0.25) is 0 Å². The van der Waals surface area contributed by atoms with Gasteiger partial charge in [-0.05, 0) is 79.7 Å². The highest BCUT2D eigenvalue weighted by Crippen LogP contribution is 2.31. The summed E-state index contributed by atoms with van der Waals surface area (Å²) < 4.78 is 12.1. The molecule has 22 heavy (non-hydrogen) atoms. The van der Waals surface area contributed by atoms with Gasteiger partial charge >= 0.3 is 0 Å². The van der Waals surface area contributed by atoms with Crippen LogP contribution in [-0.4, -0.2) is 33.1 Å². The molecule has 0 spiro atoms. The molecular formula is C18H29IO3. The number of aliphatic hydroxyl groups excluding tert-OH is 1. The Balaban J connectivity index is 1.88. The molecule has 2 rings (SSSR count). The summed E-state index contributed by atoms with van der Waals surface area (Å²) in [6.45, 7) is 8.45. The lowest BCUT2D eigenvalue weighted by Crippen LogP contribution is -2.37. The van der Waals surface area contributed by atoms with E-state index in [1.807, 2.05) is 12.2 Å². The Morgan fingerprint density at radius 3 is 2.55 bits per heavy atom. The van der Waals surface area contributed by atoms with E-state index in [-0.39, 0.29) is 21.9 Å². The van der Waals surface area contributed by atoms with Gasteiger partial charge in [0.25, 0.3) is 0 Å². The molecule has 0 radical (unpaired) electrons. The van der Waals surface area contributed by atoms with Gasteiger partial charge in [-0.1, -0.05) is 26.0 Å². The zero-order chi connectivity index (χ0) is 16.3. The Morgan fingerprint density at radius 2 is 1.95 bits per heavy atom. The molecule has 4 atom stereocenters. The minimum Gasteiger partial charge on any atom is -0.386 e. The van der Waals surface area contributed by atoms with E-state index in [0.717, 1.165) is 25.7 Å². The van der Waals surface area contributed by atoms with Gasteiger partial charge in [-0.15, -0.1) is 0 Å². The molecule has 0 aromatic heterocycles. The molecule has 3 nitrogen and oxygen atoms in total. The van der Waals surface area contributed by atoms with Crippen molar-refractivity contribution in [3.8, 4) is 0 Å². The van der Waals surface area contributed by atoms with Crippen LogP contribution >= 0.6 is 22.6 Å². The lowest BCUT2D eigenvalue weighted by Gasteiger charge is -2.35. The van der Waals surface area contributed by atoms with Crippen LogP contribution in [0.2, 0.25) is 0 Å². The summed E-state index contributed by atoms with van der Waals surface area (Å²) in [6, 6.07) is 0. The minimum absolute atomic E-state index is 0.135. The maximum atomic E-state index is 10.3. The summed E-state index contributed by atoms with van der Waals surface area (Å²) >= 11 is 2.33. The molecule has 0 heterocycles. The highest BCUT2D eigenvalue weighted by atomic mass is 127. The quantitative estimate of drug-likeness (QED) is 0.530. The highest BCUT2D eigenvalue weighted by Gasteiger charge is 2.30. The van der Waals surface area contributed by atoms with Gasteiger partial charge < -0.3 is 14.6 Å². The predicted octanol–water partition coefficient (Wildman–Crippen LogP) is 4.38. The first-order valence-corrected chi connectivity index (χ1v) is 9.42. The Labute approximate surface area is 148 Å². The molecule has 1 N–H and O–H groups in total. The topological polar surface area (TPSA) is 38.7 Å². The average Bonchev–Trinajstić information content (AvgIpc) is 2.39.